The molecule has 2 N–H and O–H groups in total. The van der Waals surface area contributed by atoms with Gasteiger partial charge in [0.25, 0.3) is 0 Å². The van der Waals surface area contributed by atoms with Crippen LogP contribution in [-0.4, -0.2) is 16.3 Å². The third kappa shape index (κ3) is 1.49. The Kier molecular flexibility index (Phi) is 2.43. The van der Waals surface area contributed by atoms with Crippen molar-refractivity contribution in [3.05, 3.63) is 41.5 Å². The van der Waals surface area contributed by atoms with Crippen LogP contribution in [0.1, 0.15) is 43.2 Å². The number of phenols is 1. The zero-order valence-corrected chi connectivity index (χ0v) is 11.8. The SMILES string of the molecule is C[C@]12CCc3c(ccc4ccc(O)cc34)[C@@H]1CC[C@@H]2O. The number of hydrogen-bond acceptors (Lipinski definition) is 2. The number of phenolic OH excluding ortho intramolecular Hbond substituents is 1. The number of aryl methyl sites for hydroxylation is 1. The van der Waals surface area contributed by atoms with Gasteiger partial charge in [0, 0.05) is 5.41 Å². The lowest BCUT2D eigenvalue weighted by Crippen LogP contribution is -2.35. The molecular weight excluding hydrogens is 248 g/mol. The van der Waals surface area contributed by atoms with E-state index in [9.17, 15) is 10.2 Å². The summed E-state index contributed by atoms with van der Waals surface area (Å²) < 4.78 is 0. The lowest BCUT2D eigenvalue weighted by Gasteiger charge is -2.40. The van der Waals surface area contributed by atoms with E-state index >= 15 is 0 Å². The van der Waals surface area contributed by atoms with Crippen LogP contribution in [0.4, 0.5) is 0 Å². The topological polar surface area (TPSA) is 40.5 Å². The zero-order chi connectivity index (χ0) is 13.9. The Morgan fingerprint density at radius 3 is 2.80 bits per heavy atom. The van der Waals surface area contributed by atoms with Gasteiger partial charge in [-0.1, -0.05) is 25.1 Å². The molecule has 2 aliphatic carbocycles. The summed E-state index contributed by atoms with van der Waals surface area (Å²) in [4.78, 5) is 0. The van der Waals surface area contributed by atoms with Gasteiger partial charge >= 0.3 is 0 Å². The summed E-state index contributed by atoms with van der Waals surface area (Å²) in [5.74, 6) is 0.804. The quantitative estimate of drug-likeness (QED) is 0.764. The molecule has 104 valence electrons. The minimum Gasteiger partial charge on any atom is -0.508 e. The van der Waals surface area contributed by atoms with Gasteiger partial charge in [-0.2, -0.15) is 0 Å². The van der Waals surface area contributed by atoms with Gasteiger partial charge in [0.15, 0.2) is 0 Å². The Bertz CT molecular complexity index is 691. The standard InChI is InChI=1S/C18H20O2/c1-18-9-8-13-14(16(18)6-7-17(18)20)5-3-11-2-4-12(19)10-15(11)13/h2-5,10,16-17,19-20H,6-9H2,1H3/t16-,17-,18-/m0/s1. The maximum absolute atomic E-state index is 10.3. The maximum Gasteiger partial charge on any atom is 0.116 e. The molecule has 2 heteroatoms. The van der Waals surface area contributed by atoms with Gasteiger partial charge in [-0.3, -0.25) is 0 Å². The molecule has 2 nitrogen and oxygen atoms in total. The number of rotatable bonds is 0. The van der Waals surface area contributed by atoms with E-state index in [4.69, 9.17) is 0 Å². The normalized spacial score (nSPS) is 32.1. The molecule has 1 fully saturated rings. The van der Waals surface area contributed by atoms with Crippen LogP contribution in [-0.2, 0) is 6.42 Å². The Hall–Kier alpha value is -1.54. The van der Waals surface area contributed by atoms with Crippen LogP contribution in [0.2, 0.25) is 0 Å². The second-order valence-corrected chi connectivity index (χ2v) is 6.69. The van der Waals surface area contributed by atoms with Crippen molar-refractivity contribution in [2.24, 2.45) is 5.41 Å². The summed E-state index contributed by atoms with van der Waals surface area (Å²) in [5.41, 5.74) is 2.82. The van der Waals surface area contributed by atoms with E-state index in [1.807, 2.05) is 12.1 Å². The molecular formula is C18H20O2. The highest BCUT2D eigenvalue weighted by molar-refractivity contribution is 5.88. The van der Waals surface area contributed by atoms with Gasteiger partial charge in [-0.25, -0.2) is 0 Å². The predicted molar refractivity (Wildman–Crippen MR) is 80.0 cm³/mol. The number of aliphatic hydroxyl groups is 1. The summed E-state index contributed by atoms with van der Waals surface area (Å²) >= 11 is 0. The number of benzene rings is 2. The van der Waals surface area contributed by atoms with E-state index in [2.05, 4.69) is 19.1 Å². The van der Waals surface area contributed by atoms with Crippen molar-refractivity contribution in [1.82, 2.24) is 0 Å². The minimum atomic E-state index is -0.166. The van der Waals surface area contributed by atoms with E-state index < -0.39 is 0 Å². The van der Waals surface area contributed by atoms with Crippen LogP contribution in [0.25, 0.3) is 10.8 Å². The number of fused-ring (bicyclic) bond motifs is 5. The third-order valence-corrected chi connectivity index (χ3v) is 5.73. The molecule has 0 saturated heterocycles. The van der Waals surface area contributed by atoms with Crippen molar-refractivity contribution in [3.63, 3.8) is 0 Å². The molecule has 2 aromatic rings. The Balaban J connectivity index is 1.95. The van der Waals surface area contributed by atoms with Crippen LogP contribution in [0.5, 0.6) is 5.75 Å². The predicted octanol–water partition coefficient (Wildman–Crippen LogP) is 3.74. The van der Waals surface area contributed by atoms with E-state index in [-0.39, 0.29) is 11.5 Å². The van der Waals surface area contributed by atoms with Gasteiger partial charge in [0.05, 0.1) is 6.10 Å². The molecule has 0 bridgehead atoms. The summed E-state index contributed by atoms with van der Waals surface area (Å²) in [5, 5.41) is 22.5. The summed E-state index contributed by atoms with van der Waals surface area (Å²) in [6.07, 6.45) is 3.87. The summed E-state index contributed by atoms with van der Waals surface area (Å²) in [7, 11) is 0. The first-order valence-corrected chi connectivity index (χ1v) is 7.52. The smallest absolute Gasteiger partial charge is 0.116 e. The molecule has 0 unspecified atom stereocenters. The van der Waals surface area contributed by atoms with Crippen LogP contribution in [0, 0.1) is 5.41 Å². The molecule has 1 saturated carbocycles. The Morgan fingerprint density at radius 1 is 1.15 bits per heavy atom. The van der Waals surface area contributed by atoms with Gasteiger partial charge in [-0.15, -0.1) is 0 Å². The average Bonchev–Trinajstić information content (AvgIpc) is 2.74. The van der Waals surface area contributed by atoms with Crippen LogP contribution >= 0.6 is 0 Å². The first-order chi connectivity index (χ1) is 9.59. The Morgan fingerprint density at radius 2 is 1.95 bits per heavy atom. The first kappa shape index (κ1) is 12.2. The largest absolute Gasteiger partial charge is 0.508 e. The number of aliphatic hydroxyl groups excluding tert-OH is 1. The van der Waals surface area contributed by atoms with Crippen molar-refractivity contribution >= 4 is 10.8 Å². The van der Waals surface area contributed by atoms with Crippen molar-refractivity contribution in [1.29, 1.82) is 0 Å². The molecule has 0 aliphatic heterocycles. The number of aromatic hydroxyl groups is 1. The minimum absolute atomic E-state index is 0.0392. The average molecular weight is 268 g/mol. The zero-order valence-electron chi connectivity index (χ0n) is 11.8. The van der Waals surface area contributed by atoms with E-state index in [1.165, 1.54) is 21.9 Å². The molecule has 0 aromatic heterocycles. The van der Waals surface area contributed by atoms with Gasteiger partial charge in [0.2, 0.25) is 0 Å². The maximum atomic E-state index is 10.3. The van der Waals surface area contributed by atoms with E-state index in [1.54, 1.807) is 6.07 Å². The molecule has 3 atom stereocenters. The lowest BCUT2D eigenvalue weighted by atomic mass is 9.65. The van der Waals surface area contributed by atoms with E-state index in [0.29, 0.717) is 11.7 Å². The highest BCUT2D eigenvalue weighted by Gasteiger charge is 2.49. The van der Waals surface area contributed by atoms with E-state index in [0.717, 1.165) is 25.7 Å². The van der Waals surface area contributed by atoms with Crippen molar-refractivity contribution in [2.45, 2.75) is 44.6 Å². The number of hydrogen-bond donors (Lipinski definition) is 2. The Labute approximate surface area is 119 Å². The molecule has 2 aliphatic rings. The molecule has 0 spiro atoms. The third-order valence-electron chi connectivity index (χ3n) is 5.73. The first-order valence-electron chi connectivity index (χ1n) is 7.52. The van der Waals surface area contributed by atoms with Gasteiger partial charge in [0.1, 0.15) is 5.75 Å². The van der Waals surface area contributed by atoms with Crippen molar-refractivity contribution in [2.75, 3.05) is 0 Å². The van der Waals surface area contributed by atoms with Crippen LogP contribution in [0.3, 0.4) is 0 Å². The highest BCUT2D eigenvalue weighted by Crippen LogP contribution is 2.56. The summed E-state index contributed by atoms with van der Waals surface area (Å²) in [6, 6.07) is 10.0. The lowest BCUT2D eigenvalue weighted by molar-refractivity contribution is 0.0459. The van der Waals surface area contributed by atoms with Crippen LogP contribution < -0.4 is 0 Å². The molecule has 20 heavy (non-hydrogen) atoms. The molecule has 0 heterocycles. The second kappa shape index (κ2) is 3.98. The van der Waals surface area contributed by atoms with Crippen molar-refractivity contribution in [3.8, 4) is 5.75 Å². The molecule has 0 amide bonds. The molecule has 4 rings (SSSR count). The summed E-state index contributed by atoms with van der Waals surface area (Å²) in [6.45, 7) is 2.24. The highest BCUT2D eigenvalue weighted by atomic mass is 16.3. The van der Waals surface area contributed by atoms with Crippen molar-refractivity contribution < 1.29 is 10.2 Å². The van der Waals surface area contributed by atoms with Crippen LogP contribution in [0.15, 0.2) is 30.3 Å². The fourth-order valence-corrected chi connectivity index (χ4v) is 4.45. The molecule has 2 aromatic carbocycles. The monoisotopic (exact) mass is 268 g/mol. The van der Waals surface area contributed by atoms with Gasteiger partial charge in [-0.05, 0) is 65.6 Å². The fourth-order valence-electron chi connectivity index (χ4n) is 4.45. The molecule has 0 radical (unpaired) electrons. The second-order valence-electron chi connectivity index (χ2n) is 6.69. The van der Waals surface area contributed by atoms with Gasteiger partial charge < -0.3 is 10.2 Å². The fraction of sp³-hybridized carbons (Fsp3) is 0.444.